The molecule has 3 rings (SSSR count). The second-order valence-corrected chi connectivity index (χ2v) is 6.37. The molecule has 1 aliphatic heterocycles. The number of benzene rings is 1. The third kappa shape index (κ3) is 4.41. The van der Waals surface area contributed by atoms with Crippen LogP contribution in [0.5, 0.6) is 0 Å². The summed E-state index contributed by atoms with van der Waals surface area (Å²) in [6, 6.07) is 10.4. The molecule has 1 unspecified atom stereocenters. The smallest absolute Gasteiger partial charge is 0.222 e. The van der Waals surface area contributed by atoms with Crippen LogP contribution in [-0.2, 0) is 11.3 Å². The van der Waals surface area contributed by atoms with E-state index in [4.69, 9.17) is 0 Å². The van der Waals surface area contributed by atoms with Crippen LogP contribution in [0.1, 0.15) is 25.3 Å². The van der Waals surface area contributed by atoms with Gasteiger partial charge in [0.1, 0.15) is 0 Å². The summed E-state index contributed by atoms with van der Waals surface area (Å²) in [6.45, 7) is 4.15. The lowest BCUT2D eigenvalue weighted by atomic mass is 10.2. The minimum absolute atomic E-state index is 0.217. The summed E-state index contributed by atoms with van der Waals surface area (Å²) < 4.78 is 1.83. The average molecular weight is 354 g/mol. The Hall–Kier alpha value is -2.83. The fourth-order valence-electron chi connectivity index (χ4n) is 3.09. The minimum atomic E-state index is 0.217. The highest BCUT2D eigenvalue weighted by molar-refractivity contribution is 5.80. The molecule has 0 bridgehead atoms. The molecule has 1 aliphatic rings. The number of carbonyl (C=O) groups is 1. The van der Waals surface area contributed by atoms with E-state index in [1.807, 2.05) is 40.9 Å². The number of nitrogens with one attached hydrogen (secondary N) is 2. The van der Waals surface area contributed by atoms with E-state index in [2.05, 4.69) is 32.9 Å². The quantitative estimate of drug-likeness (QED) is 0.631. The Labute approximate surface area is 154 Å². The Bertz CT molecular complexity index is 738. The van der Waals surface area contributed by atoms with Crippen molar-refractivity contribution in [1.82, 2.24) is 25.3 Å². The lowest BCUT2D eigenvalue weighted by molar-refractivity contribution is -0.129. The molecule has 2 aromatic rings. The Kier molecular flexibility index (Phi) is 5.88. The number of nitrogens with zero attached hydrogens (tertiary/aromatic N) is 4. The molecule has 1 amide bonds. The van der Waals surface area contributed by atoms with E-state index < -0.39 is 0 Å². The van der Waals surface area contributed by atoms with Gasteiger partial charge in [0.05, 0.1) is 5.69 Å². The fraction of sp³-hybridized carbons (Fsp3) is 0.421. The van der Waals surface area contributed by atoms with Gasteiger partial charge in [0.15, 0.2) is 5.96 Å². The molecule has 0 aliphatic carbocycles. The number of hydrogen-bond acceptors (Lipinski definition) is 3. The first-order valence-electron chi connectivity index (χ1n) is 9.03. The van der Waals surface area contributed by atoms with Gasteiger partial charge in [-0.15, -0.1) is 0 Å². The van der Waals surface area contributed by atoms with Crippen molar-refractivity contribution >= 4 is 11.9 Å². The Morgan fingerprint density at radius 3 is 2.81 bits per heavy atom. The van der Waals surface area contributed by atoms with Crippen LogP contribution in [0.4, 0.5) is 0 Å². The largest absolute Gasteiger partial charge is 0.352 e. The zero-order valence-electron chi connectivity index (χ0n) is 15.4. The van der Waals surface area contributed by atoms with Gasteiger partial charge in [-0.05, 0) is 30.2 Å². The van der Waals surface area contributed by atoms with Crippen LogP contribution in [-0.4, -0.2) is 52.7 Å². The zero-order chi connectivity index (χ0) is 18.4. The molecule has 2 heterocycles. The summed E-state index contributed by atoms with van der Waals surface area (Å²) in [5, 5.41) is 11.0. The SMILES string of the molecule is CCC(=O)N1CCC(NC(=NC)NCc2ccc(-n3cccn3)cc2)C1. The van der Waals surface area contributed by atoms with E-state index >= 15 is 0 Å². The molecule has 1 aromatic heterocycles. The van der Waals surface area contributed by atoms with E-state index in [9.17, 15) is 4.79 Å². The van der Waals surface area contributed by atoms with Crippen molar-refractivity contribution in [2.75, 3.05) is 20.1 Å². The maximum atomic E-state index is 11.8. The molecule has 26 heavy (non-hydrogen) atoms. The summed E-state index contributed by atoms with van der Waals surface area (Å²) >= 11 is 0. The topological polar surface area (TPSA) is 74.6 Å². The molecule has 2 N–H and O–H groups in total. The van der Waals surface area contributed by atoms with Gasteiger partial charge in [-0.3, -0.25) is 9.79 Å². The van der Waals surface area contributed by atoms with Crippen LogP contribution in [0.25, 0.3) is 5.69 Å². The van der Waals surface area contributed by atoms with Gasteiger partial charge >= 0.3 is 0 Å². The van der Waals surface area contributed by atoms with Crippen molar-refractivity contribution in [3.63, 3.8) is 0 Å². The number of rotatable bonds is 5. The van der Waals surface area contributed by atoms with Crippen molar-refractivity contribution < 1.29 is 4.79 Å². The summed E-state index contributed by atoms with van der Waals surface area (Å²) in [5.41, 5.74) is 2.20. The maximum Gasteiger partial charge on any atom is 0.222 e. The molecule has 7 heteroatoms. The maximum absolute atomic E-state index is 11.8. The lowest BCUT2D eigenvalue weighted by Gasteiger charge is -2.18. The zero-order valence-corrected chi connectivity index (χ0v) is 15.4. The van der Waals surface area contributed by atoms with E-state index in [0.717, 1.165) is 36.7 Å². The Morgan fingerprint density at radius 2 is 2.15 bits per heavy atom. The lowest BCUT2D eigenvalue weighted by Crippen LogP contribution is -2.44. The van der Waals surface area contributed by atoms with Crippen LogP contribution < -0.4 is 10.6 Å². The Balaban J connectivity index is 1.49. The molecule has 0 spiro atoms. The van der Waals surface area contributed by atoms with Gasteiger partial charge in [0.2, 0.25) is 5.91 Å². The van der Waals surface area contributed by atoms with Crippen molar-refractivity contribution in [2.45, 2.75) is 32.4 Å². The van der Waals surface area contributed by atoms with Crippen LogP contribution >= 0.6 is 0 Å². The highest BCUT2D eigenvalue weighted by Gasteiger charge is 2.25. The molecular formula is C19H26N6O. The molecule has 0 radical (unpaired) electrons. The third-order valence-electron chi connectivity index (χ3n) is 4.57. The number of likely N-dealkylation sites (tertiary alicyclic amines) is 1. The summed E-state index contributed by atoms with van der Waals surface area (Å²) in [6.07, 6.45) is 5.20. The number of amides is 1. The second kappa shape index (κ2) is 8.51. The first kappa shape index (κ1) is 18.0. The Morgan fingerprint density at radius 1 is 1.35 bits per heavy atom. The number of carbonyl (C=O) groups excluding carboxylic acids is 1. The molecule has 138 valence electrons. The van der Waals surface area contributed by atoms with Gasteiger partial charge < -0.3 is 15.5 Å². The normalized spacial score (nSPS) is 17.4. The predicted molar refractivity (Wildman–Crippen MR) is 102 cm³/mol. The fourth-order valence-corrected chi connectivity index (χ4v) is 3.09. The van der Waals surface area contributed by atoms with E-state index in [1.54, 1.807) is 13.2 Å². The number of aromatic nitrogens is 2. The first-order chi connectivity index (χ1) is 12.7. The molecule has 1 saturated heterocycles. The molecule has 1 atom stereocenters. The molecular weight excluding hydrogens is 328 g/mol. The summed E-state index contributed by atoms with van der Waals surface area (Å²) in [4.78, 5) is 18.0. The number of aliphatic imine (C=N–C) groups is 1. The van der Waals surface area contributed by atoms with E-state index in [1.165, 1.54) is 0 Å². The van der Waals surface area contributed by atoms with Gasteiger partial charge in [-0.1, -0.05) is 19.1 Å². The molecule has 0 saturated carbocycles. The molecule has 1 aromatic carbocycles. The van der Waals surface area contributed by atoms with Crippen molar-refractivity contribution in [3.8, 4) is 5.69 Å². The predicted octanol–water partition coefficient (Wildman–Crippen LogP) is 1.55. The van der Waals surface area contributed by atoms with Crippen LogP contribution in [0.2, 0.25) is 0 Å². The first-order valence-corrected chi connectivity index (χ1v) is 9.03. The van der Waals surface area contributed by atoms with Crippen LogP contribution in [0, 0.1) is 0 Å². The van der Waals surface area contributed by atoms with Crippen molar-refractivity contribution in [1.29, 1.82) is 0 Å². The summed E-state index contributed by atoms with van der Waals surface area (Å²) in [5.74, 6) is 0.978. The average Bonchev–Trinajstić information content (AvgIpc) is 3.37. The van der Waals surface area contributed by atoms with Gasteiger partial charge in [0, 0.05) is 51.5 Å². The highest BCUT2D eigenvalue weighted by atomic mass is 16.2. The van der Waals surface area contributed by atoms with Crippen molar-refractivity contribution in [3.05, 3.63) is 48.3 Å². The van der Waals surface area contributed by atoms with E-state index in [0.29, 0.717) is 13.0 Å². The third-order valence-corrected chi connectivity index (χ3v) is 4.57. The minimum Gasteiger partial charge on any atom is -0.352 e. The number of hydrogen-bond donors (Lipinski definition) is 2. The molecule has 7 nitrogen and oxygen atoms in total. The van der Waals surface area contributed by atoms with Gasteiger partial charge in [0.25, 0.3) is 0 Å². The highest BCUT2D eigenvalue weighted by Crippen LogP contribution is 2.11. The van der Waals surface area contributed by atoms with E-state index in [-0.39, 0.29) is 11.9 Å². The monoisotopic (exact) mass is 354 g/mol. The van der Waals surface area contributed by atoms with Crippen molar-refractivity contribution in [2.24, 2.45) is 4.99 Å². The summed E-state index contributed by atoms with van der Waals surface area (Å²) in [7, 11) is 1.76. The standard InChI is InChI=1S/C19H26N6O/c1-3-18(26)24-12-9-16(14-24)23-19(20-2)21-13-15-5-7-17(8-6-15)25-11-4-10-22-25/h4-8,10-11,16H,3,9,12-14H2,1-2H3,(H2,20,21,23). The van der Waals surface area contributed by atoms with Crippen LogP contribution in [0.3, 0.4) is 0 Å². The van der Waals surface area contributed by atoms with Crippen LogP contribution in [0.15, 0.2) is 47.7 Å². The van der Waals surface area contributed by atoms with Gasteiger partial charge in [-0.25, -0.2) is 4.68 Å². The second-order valence-electron chi connectivity index (χ2n) is 6.37. The molecule has 1 fully saturated rings. The van der Waals surface area contributed by atoms with Gasteiger partial charge in [-0.2, -0.15) is 5.10 Å². The number of guanidine groups is 1.